The fourth-order valence-electron chi connectivity index (χ4n) is 2.06. The number of hydrogen-bond acceptors (Lipinski definition) is 3. The molecule has 0 fully saturated rings. The van der Waals surface area contributed by atoms with Crippen molar-refractivity contribution < 1.29 is 8.42 Å². The second-order valence-corrected chi connectivity index (χ2v) is 9.80. The molecule has 1 aromatic rings. The van der Waals surface area contributed by atoms with Crippen molar-refractivity contribution >= 4 is 61.9 Å². The molecule has 8 heteroatoms. The summed E-state index contributed by atoms with van der Waals surface area (Å²) in [4.78, 5) is -0.172. The summed E-state index contributed by atoms with van der Waals surface area (Å²) >= 11 is 22.7. The highest BCUT2D eigenvalue weighted by molar-refractivity contribution is 7.97. The van der Waals surface area contributed by atoms with Gasteiger partial charge in [0.2, 0.25) is 9.84 Å². The summed E-state index contributed by atoms with van der Waals surface area (Å²) in [5, 5.41) is 3.18. The molecular formula is C11H11Cl4NO2S. The number of fused-ring (bicyclic) bond motifs is 1. The first-order valence-electron chi connectivity index (χ1n) is 5.54. The van der Waals surface area contributed by atoms with Crippen molar-refractivity contribution in [2.24, 2.45) is 0 Å². The Kier molecular flexibility index (Phi) is 4.21. The Morgan fingerprint density at radius 2 is 1.95 bits per heavy atom. The average molecular weight is 363 g/mol. The molecule has 0 bridgehead atoms. The largest absolute Gasteiger partial charge is 0.384 e. The lowest BCUT2D eigenvalue weighted by molar-refractivity contribution is 0.596. The zero-order chi connectivity index (χ0) is 14.4. The van der Waals surface area contributed by atoms with E-state index in [0.717, 1.165) is 18.5 Å². The first kappa shape index (κ1) is 15.5. The standard InChI is InChI=1S/C11H11Cl4NO2S/c1-6-4-5-16-10-7(6)2-3-8(9(10)12)19(17,18)11(13,14)15/h2-3,6,16H,4-5H2,1H3. The van der Waals surface area contributed by atoms with E-state index < -0.39 is 13.0 Å². The van der Waals surface area contributed by atoms with Gasteiger partial charge in [-0.05, 0) is 24.0 Å². The van der Waals surface area contributed by atoms with Crippen molar-refractivity contribution in [2.75, 3.05) is 11.9 Å². The van der Waals surface area contributed by atoms with Gasteiger partial charge < -0.3 is 5.32 Å². The molecule has 1 N–H and O–H groups in total. The first-order valence-corrected chi connectivity index (χ1v) is 8.53. The molecule has 1 aromatic carbocycles. The molecule has 0 amide bonds. The summed E-state index contributed by atoms with van der Waals surface area (Å²) < 4.78 is 21.8. The van der Waals surface area contributed by atoms with Gasteiger partial charge in [0.05, 0.1) is 15.6 Å². The van der Waals surface area contributed by atoms with Gasteiger partial charge in [0.15, 0.2) is 0 Å². The summed E-state index contributed by atoms with van der Waals surface area (Å²) in [5.41, 5.74) is 1.58. The molecule has 106 valence electrons. The Balaban J connectivity index is 2.64. The summed E-state index contributed by atoms with van der Waals surface area (Å²) in [6.07, 6.45) is 0.958. The minimum absolute atomic E-state index is 0.0791. The number of sulfone groups is 1. The van der Waals surface area contributed by atoms with E-state index in [4.69, 9.17) is 46.4 Å². The molecule has 19 heavy (non-hydrogen) atoms. The van der Waals surface area contributed by atoms with Crippen molar-refractivity contribution in [3.63, 3.8) is 0 Å². The Hall–Kier alpha value is 0.130. The van der Waals surface area contributed by atoms with Gasteiger partial charge in [-0.1, -0.05) is 59.4 Å². The van der Waals surface area contributed by atoms with Crippen LogP contribution in [0.2, 0.25) is 5.02 Å². The van der Waals surface area contributed by atoms with E-state index in [-0.39, 0.29) is 9.92 Å². The number of nitrogens with one attached hydrogen (secondary N) is 1. The highest BCUT2D eigenvalue weighted by Gasteiger charge is 2.41. The topological polar surface area (TPSA) is 46.2 Å². The van der Waals surface area contributed by atoms with Crippen molar-refractivity contribution in [2.45, 2.75) is 27.3 Å². The fourth-order valence-corrected chi connectivity index (χ4v) is 4.19. The van der Waals surface area contributed by atoms with E-state index >= 15 is 0 Å². The number of alkyl halides is 3. The van der Waals surface area contributed by atoms with Crippen molar-refractivity contribution in [3.8, 4) is 0 Å². The van der Waals surface area contributed by atoms with Crippen LogP contribution in [0.3, 0.4) is 0 Å². The molecule has 0 aliphatic carbocycles. The minimum Gasteiger partial charge on any atom is -0.384 e. The Morgan fingerprint density at radius 1 is 1.32 bits per heavy atom. The van der Waals surface area contributed by atoms with Gasteiger partial charge in [0.25, 0.3) is 3.12 Å². The molecule has 3 nitrogen and oxygen atoms in total. The van der Waals surface area contributed by atoms with E-state index in [0.29, 0.717) is 11.6 Å². The number of halogens is 4. The van der Waals surface area contributed by atoms with Crippen LogP contribution in [0, 0.1) is 0 Å². The predicted molar refractivity (Wildman–Crippen MR) is 80.4 cm³/mol. The van der Waals surface area contributed by atoms with Crippen LogP contribution in [-0.2, 0) is 9.84 Å². The smallest absolute Gasteiger partial charge is 0.297 e. The predicted octanol–water partition coefficient (Wildman–Crippen LogP) is 4.36. The second kappa shape index (κ2) is 5.15. The van der Waals surface area contributed by atoms with Gasteiger partial charge in [0.1, 0.15) is 0 Å². The Morgan fingerprint density at radius 3 is 2.53 bits per heavy atom. The van der Waals surface area contributed by atoms with Crippen LogP contribution in [0.5, 0.6) is 0 Å². The van der Waals surface area contributed by atoms with E-state index in [2.05, 4.69) is 12.2 Å². The normalized spacial score (nSPS) is 19.7. The third-order valence-corrected chi connectivity index (χ3v) is 7.00. The third-order valence-electron chi connectivity index (χ3n) is 3.14. The lowest BCUT2D eigenvalue weighted by Gasteiger charge is -2.26. The lowest BCUT2D eigenvalue weighted by Crippen LogP contribution is -2.22. The van der Waals surface area contributed by atoms with Crippen LogP contribution >= 0.6 is 46.4 Å². The molecular weight excluding hydrogens is 352 g/mol. The van der Waals surface area contributed by atoms with Gasteiger partial charge in [-0.25, -0.2) is 8.42 Å². The number of anilines is 1. The number of benzene rings is 1. The molecule has 0 aromatic heterocycles. The Bertz CT molecular complexity index is 610. The molecule has 0 saturated heterocycles. The summed E-state index contributed by atoms with van der Waals surface area (Å²) in [6, 6.07) is 3.10. The van der Waals surface area contributed by atoms with Gasteiger partial charge >= 0.3 is 0 Å². The SMILES string of the molecule is CC1CCNc2c1ccc(S(=O)(=O)C(Cl)(Cl)Cl)c2Cl. The van der Waals surface area contributed by atoms with Crippen molar-refractivity contribution in [1.82, 2.24) is 0 Å². The minimum atomic E-state index is -4.13. The summed E-state index contributed by atoms with van der Waals surface area (Å²) in [6.45, 7) is 2.78. The molecule has 1 aliphatic rings. The molecule has 1 unspecified atom stereocenters. The van der Waals surface area contributed by atoms with Crippen LogP contribution in [-0.4, -0.2) is 18.1 Å². The second-order valence-electron chi connectivity index (χ2n) is 4.41. The monoisotopic (exact) mass is 361 g/mol. The van der Waals surface area contributed by atoms with Gasteiger partial charge in [-0.3, -0.25) is 0 Å². The van der Waals surface area contributed by atoms with Crippen LogP contribution in [0.15, 0.2) is 17.0 Å². The molecule has 1 aliphatic heterocycles. The van der Waals surface area contributed by atoms with E-state index in [1.54, 1.807) is 6.07 Å². The van der Waals surface area contributed by atoms with E-state index in [1.807, 2.05) is 0 Å². The van der Waals surface area contributed by atoms with Crippen LogP contribution < -0.4 is 5.32 Å². The molecule has 2 rings (SSSR count). The van der Waals surface area contributed by atoms with Gasteiger partial charge in [-0.2, -0.15) is 0 Å². The maximum absolute atomic E-state index is 12.1. The summed E-state index contributed by atoms with van der Waals surface area (Å²) in [7, 11) is -4.13. The molecule has 0 spiro atoms. The third kappa shape index (κ3) is 2.66. The van der Waals surface area contributed by atoms with E-state index in [1.165, 1.54) is 6.07 Å². The molecule has 1 atom stereocenters. The highest BCUT2D eigenvalue weighted by Crippen LogP contribution is 2.45. The van der Waals surface area contributed by atoms with Crippen LogP contribution in [0.25, 0.3) is 0 Å². The van der Waals surface area contributed by atoms with Crippen LogP contribution in [0.1, 0.15) is 24.8 Å². The first-order chi connectivity index (χ1) is 8.66. The maximum atomic E-state index is 12.1. The zero-order valence-corrected chi connectivity index (χ0v) is 13.7. The van der Waals surface area contributed by atoms with E-state index in [9.17, 15) is 8.42 Å². The molecule has 0 saturated carbocycles. The van der Waals surface area contributed by atoms with Crippen molar-refractivity contribution in [1.29, 1.82) is 0 Å². The fraction of sp³-hybridized carbons (Fsp3) is 0.455. The van der Waals surface area contributed by atoms with Crippen LogP contribution in [0.4, 0.5) is 5.69 Å². The lowest BCUT2D eigenvalue weighted by atomic mass is 9.93. The zero-order valence-electron chi connectivity index (χ0n) is 9.88. The summed E-state index contributed by atoms with van der Waals surface area (Å²) in [5.74, 6) is 0.304. The highest BCUT2D eigenvalue weighted by atomic mass is 35.6. The number of rotatable bonds is 1. The average Bonchev–Trinajstić information content (AvgIpc) is 2.29. The Labute approximate surface area is 132 Å². The van der Waals surface area contributed by atoms with Crippen molar-refractivity contribution in [3.05, 3.63) is 22.7 Å². The molecule has 0 radical (unpaired) electrons. The van der Waals surface area contributed by atoms with Gasteiger partial charge in [0, 0.05) is 6.54 Å². The van der Waals surface area contributed by atoms with Gasteiger partial charge in [-0.15, -0.1) is 0 Å². The maximum Gasteiger partial charge on any atom is 0.297 e. The number of hydrogen-bond donors (Lipinski definition) is 1. The quantitative estimate of drug-likeness (QED) is 0.755. The molecule has 1 heterocycles.